The molecule has 1 aromatic rings. The van der Waals surface area contributed by atoms with Gasteiger partial charge in [-0.3, -0.25) is 0 Å². The average molecular weight is 249 g/mol. The Labute approximate surface area is 109 Å². The normalized spacial score (nSPS) is 18.7. The summed E-state index contributed by atoms with van der Waals surface area (Å²) in [4.78, 5) is 9.03. The molecule has 4 nitrogen and oxygen atoms in total. The third-order valence-electron chi connectivity index (χ3n) is 3.53. The predicted molar refractivity (Wildman–Crippen MR) is 71.7 cm³/mol. The number of methoxy groups -OCH3 is 1. The van der Waals surface area contributed by atoms with Crippen molar-refractivity contribution in [2.75, 3.05) is 26.8 Å². The molecule has 1 N–H and O–H groups in total. The fourth-order valence-corrected chi connectivity index (χ4v) is 2.45. The molecule has 0 aliphatic heterocycles. The van der Waals surface area contributed by atoms with Gasteiger partial charge in [0, 0.05) is 32.0 Å². The summed E-state index contributed by atoms with van der Waals surface area (Å²) in [6, 6.07) is 0. The molecule has 1 unspecified atom stereocenters. The molecular weight excluding hydrogens is 226 g/mol. The van der Waals surface area contributed by atoms with E-state index in [1.54, 1.807) is 7.11 Å². The van der Waals surface area contributed by atoms with Crippen LogP contribution in [0.4, 0.5) is 0 Å². The van der Waals surface area contributed by atoms with E-state index in [4.69, 9.17) is 4.74 Å². The second kappa shape index (κ2) is 6.81. The van der Waals surface area contributed by atoms with Gasteiger partial charge in [0.15, 0.2) is 0 Å². The van der Waals surface area contributed by atoms with Crippen LogP contribution in [0.25, 0.3) is 0 Å². The summed E-state index contributed by atoms with van der Waals surface area (Å²) in [7, 11) is 1.74. The van der Waals surface area contributed by atoms with E-state index >= 15 is 0 Å². The Hall–Kier alpha value is -1.00. The first-order valence-corrected chi connectivity index (χ1v) is 6.86. The zero-order chi connectivity index (χ0) is 12.8. The number of ether oxygens (including phenoxy) is 1. The monoisotopic (exact) mass is 249 g/mol. The number of fused-ring (bicyclic) bond motifs is 1. The third kappa shape index (κ3) is 3.50. The van der Waals surface area contributed by atoms with Crippen molar-refractivity contribution in [2.24, 2.45) is 5.92 Å². The Bertz CT molecular complexity index is 381. The highest BCUT2D eigenvalue weighted by molar-refractivity contribution is 5.21. The highest BCUT2D eigenvalue weighted by Gasteiger charge is 2.19. The largest absolute Gasteiger partial charge is 0.383 e. The molecule has 1 heterocycles. The van der Waals surface area contributed by atoms with Crippen LogP contribution in [0.15, 0.2) is 6.20 Å². The molecule has 2 rings (SSSR count). The van der Waals surface area contributed by atoms with Gasteiger partial charge in [-0.2, -0.15) is 0 Å². The number of aromatic nitrogens is 2. The lowest BCUT2D eigenvalue weighted by Crippen LogP contribution is -2.30. The molecule has 1 aromatic heterocycles. The Balaban J connectivity index is 1.86. The average Bonchev–Trinajstić information content (AvgIpc) is 2.43. The minimum absolute atomic E-state index is 0.713. The van der Waals surface area contributed by atoms with Crippen molar-refractivity contribution in [2.45, 2.75) is 32.6 Å². The molecule has 0 spiro atoms. The minimum atomic E-state index is 0.713. The molecule has 0 amide bonds. The van der Waals surface area contributed by atoms with Crippen LogP contribution in [0.3, 0.4) is 0 Å². The van der Waals surface area contributed by atoms with Crippen LogP contribution in [0.5, 0.6) is 0 Å². The van der Waals surface area contributed by atoms with Crippen molar-refractivity contribution in [3.63, 3.8) is 0 Å². The molecule has 0 aromatic carbocycles. The fourth-order valence-electron chi connectivity index (χ4n) is 2.45. The molecule has 100 valence electrons. The van der Waals surface area contributed by atoms with Gasteiger partial charge in [-0.1, -0.05) is 6.92 Å². The van der Waals surface area contributed by atoms with Crippen molar-refractivity contribution >= 4 is 0 Å². The van der Waals surface area contributed by atoms with Gasteiger partial charge >= 0.3 is 0 Å². The number of nitrogens with zero attached hydrogens (tertiary/aromatic N) is 2. The van der Waals surface area contributed by atoms with E-state index in [9.17, 15) is 0 Å². The summed E-state index contributed by atoms with van der Waals surface area (Å²) in [6.45, 7) is 4.89. The summed E-state index contributed by atoms with van der Waals surface area (Å²) in [5.41, 5.74) is 2.62. The topological polar surface area (TPSA) is 47.0 Å². The van der Waals surface area contributed by atoms with Gasteiger partial charge in [-0.15, -0.1) is 0 Å². The molecule has 18 heavy (non-hydrogen) atoms. The molecule has 0 saturated heterocycles. The first-order chi connectivity index (χ1) is 8.83. The molecule has 0 saturated carbocycles. The van der Waals surface area contributed by atoms with E-state index < -0.39 is 0 Å². The molecule has 4 heteroatoms. The first-order valence-electron chi connectivity index (χ1n) is 6.86. The van der Waals surface area contributed by atoms with Gasteiger partial charge in [-0.05, 0) is 37.3 Å². The standard InChI is InChI=1S/C14H23N3O/c1-3-14-16-10-12-8-11(4-5-13(12)17-14)9-15-6-7-18-2/h10-11,15H,3-9H2,1-2H3. The number of nitrogens with one attached hydrogen (secondary N) is 1. The number of aryl methyl sites for hydroxylation is 2. The molecule has 1 aliphatic carbocycles. The van der Waals surface area contributed by atoms with Crippen molar-refractivity contribution in [3.05, 3.63) is 23.3 Å². The summed E-state index contributed by atoms with van der Waals surface area (Å²) in [5.74, 6) is 1.69. The highest BCUT2D eigenvalue weighted by Crippen LogP contribution is 2.23. The predicted octanol–water partition coefficient (Wildman–Crippen LogP) is 1.38. The van der Waals surface area contributed by atoms with Crippen molar-refractivity contribution in [1.82, 2.24) is 15.3 Å². The lowest BCUT2D eigenvalue weighted by atomic mass is 9.87. The molecule has 1 aliphatic rings. The van der Waals surface area contributed by atoms with Crippen LogP contribution in [-0.4, -0.2) is 36.8 Å². The van der Waals surface area contributed by atoms with E-state index in [1.807, 2.05) is 6.20 Å². The van der Waals surface area contributed by atoms with Crippen LogP contribution in [0.2, 0.25) is 0 Å². The highest BCUT2D eigenvalue weighted by atomic mass is 16.5. The van der Waals surface area contributed by atoms with E-state index in [0.29, 0.717) is 5.92 Å². The van der Waals surface area contributed by atoms with E-state index in [-0.39, 0.29) is 0 Å². The second-order valence-corrected chi connectivity index (χ2v) is 4.92. The van der Waals surface area contributed by atoms with Gasteiger partial charge < -0.3 is 10.1 Å². The Morgan fingerprint density at radius 2 is 2.39 bits per heavy atom. The maximum Gasteiger partial charge on any atom is 0.128 e. The summed E-state index contributed by atoms with van der Waals surface area (Å²) in [5, 5.41) is 3.44. The molecule has 1 atom stereocenters. The molecular formula is C14H23N3O. The van der Waals surface area contributed by atoms with Crippen LogP contribution in [-0.2, 0) is 24.0 Å². The van der Waals surface area contributed by atoms with Gasteiger partial charge in [0.05, 0.1) is 6.61 Å². The fraction of sp³-hybridized carbons (Fsp3) is 0.714. The van der Waals surface area contributed by atoms with Gasteiger partial charge in [0.1, 0.15) is 5.82 Å². The zero-order valence-corrected chi connectivity index (χ0v) is 11.4. The summed E-state index contributed by atoms with van der Waals surface area (Å²) < 4.78 is 5.03. The van der Waals surface area contributed by atoms with Crippen LogP contribution in [0.1, 0.15) is 30.4 Å². The zero-order valence-electron chi connectivity index (χ0n) is 11.4. The summed E-state index contributed by atoms with van der Waals surface area (Å²) >= 11 is 0. The molecule has 0 fully saturated rings. The first kappa shape index (κ1) is 13.4. The third-order valence-corrected chi connectivity index (χ3v) is 3.53. The Morgan fingerprint density at radius 1 is 1.50 bits per heavy atom. The van der Waals surface area contributed by atoms with Gasteiger partial charge in [0.2, 0.25) is 0 Å². The maximum absolute atomic E-state index is 5.03. The Kier molecular flexibility index (Phi) is 5.08. The quantitative estimate of drug-likeness (QED) is 0.774. The Morgan fingerprint density at radius 3 is 3.17 bits per heavy atom. The van der Waals surface area contributed by atoms with Gasteiger partial charge in [0.25, 0.3) is 0 Å². The van der Waals surface area contributed by atoms with Crippen LogP contribution < -0.4 is 5.32 Å². The molecule has 0 radical (unpaired) electrons. The van der Waals surface area contributed by atoms with Crippen LogP contribution >= 0.6 is 0 Å². The molecule has 0 bridgehead atoms. The lowest BCUT2D eigenvalue weighted by Gasteiger charge is -2.24. The summed E-state index contributed by atoms with van der Waals surface area (Å²) in [6.07, 6.45) is 6.39. The van der Waals surface area contributed by atoms with Crippen LogP contribution in [0, 0.1) is 5.92 Å². The van der Waals surface area contributed by atoms with Gasteiger partial charge in [-0.25, -0.2) is 9.97 Å². The maximum atomic E-state index is 5.03. The second-order valence-electron chi connectivity index (χ2n) is 4.92. The SMILES string of the molecule is CCc1ncc2c(n1)CCC(CNCCOC)C2. The number of rotatable bonds is 6. The van der Waals surface area contributed by atoms with Crippen molar-refractivity contribution in [1.29, 1.82) is 0 Å². The lowest BCUT2D eigenvalue weighted by molar-refractivity contribution is 0.197. The van der Waals surface area contributed by atoms with E-state index in [2.05, 4.69) is 22.2 Å². The number of hydrogen-bond donors (Lipinski definition) is 1. The van der Waals surface area contributed by atoms with E-state index in [0.717, 1.165) is 44.8 Å². The smallest absolute Gasteiger partial charge is 0.128 e. The minimum Gasteiger partial charge on any atom is -0.383 e. The van der Waals surface area contributed by atoms with Crippen molar-refractivity contribution in [3.8, 4) is 0 Å². The van der Waals surface area contributed by atoms with Crippen molar-refractivity contribution < 1.29 is 4.74 Å². The van der Waals surface area contributed by atoms with E-state index in [1.165, 1.54) is 17.7 Å². The number of hydrogen-bond acceptors (Lipinski definition) is 4.